The molecule has 0 aliphatic heterocycles. The first-order valence-corrected chi connectivity index (χ1v) is 1.81. The van der Waals surface area contributed by atoms with Crippen LogP contribution in [-0.4, -0.2) is 0 Å². The molecule has 0 N–H and O–H groups in total. The minimum atomic E-state index is 0. The second-order valence-electron chi connectivity index (χ2n) is 0.927. The maximum absolute atomic E-state index is 6.35. The Balaban J connectivity index is 0. The summed E-state index contributed by atoms with van der Waals surface area (Å²) in [4.78, 5) is 0. The van der Waals surface area contributed by atoms with Crippen molar-refractivity contribution in [2.24, 2.45) is 0 Å². The molecule has 0 atom stereocenters. The van der Waals surface area contributed by atoms with Gasteiger partial charge < -0.3 is 12.3 Å². The Morgan fingerprint density at radius 1 is 1.67 bits per heavy atom. The molecular formula is C5H7Li. The molecule has 28 valence electrons. The van der Waals surface area contributed by atoms with E-state index in [0.29, 0.717) is 0 Å². The van der Waals surface area contributed by atoms with E-state index in [-0.39, 0.29) is 18.9 Å². The summed E-state index contributed by atoms with van der Waals surface area (Å²) in [5, 5.41) is 0. The molecule has 0 aliphatic carbocycles. The van der Waals surface area contributed by atoms with Crippen LogP contribution >= 0.6 is 0 Å². The monoisotopic (exact) mass is 74.1 g/mol. The topological polar surface area (TPSA) is 0 Å². The molecule has 0 fully saturated rings. The summed E-state index contributed by atoms with van der Waals surface area (Å²) in [6.45, 7) is 2.03. The minimum Gasteiger partial charge on any atom is -0.694 e. The van der Waals surface area contributed by atoms with E-state index >= 15 is 0 Å². The van der Waals surface area contributed by atoms with Crippen molar-refractivity contribution in [2.45, 2.75) is 19.8 Å². The molecule has 0 radical (unpaired) electrons. The average Bonchev–Trinajstić information content (AvgIpc) is 1.41. The smallest absolute Gasteiger partial charge is 0.694 e. The molecule has 0 amide bonds. The third-order valence-electron chi connectivity index (χ3n) is 0.375. The van der Waals surface area contributed by atoms with E-state index in [1.165, 1.54) is 0 Å². The Labute approximate surface area is 51.5 Å². The maximum atomic E-state index is 6.35. The standard InChI is InChI=1S/C5H7.Li/c1-3-5-4-2;/h3,5H2,1H3;/q-1;+1. The zero-order valence-corrected chi connectivity index (χ0v) is 4.41. The maximum Gasteiger partial charge on any atom is 1.00 e. The number of unbranched alkanes of at least 4 members (excludes halogenated alkanes) is 1. The van der Waals surface area contributed by atoms with Gasteiger partial charge in [0.25, 0.3) is 0 Å². The quantitative estimate of drug-likeness (QED) is 0.199. The summed E-state index contributed by atoms with van der Waals surface area (Å²) < 4.78 is 0. The van der Waals surface area contributed by atoms with Crippen molar-refractivity contribution in [1.82, 2.24) is 0 Å². The third-order valence-corrected chi connectivity index (χ3v) is 0.375. The van der Waals surface area contributed by atoms with Crippen molar-refractivity contribution in [1.29, 1.82) is 0 Å². The number of rotatable bonds is 1. The largest absolute Gasteiger partial charge is 1.00 e. The van der Waals surface area contributed by atoms with E-state index in [2.05, 4.69) is 5.92 Å². The van der Waals surface area contributed by atoms with E-state index in [9.17, 15) is 0 Å². The Morgan fingerprint density at radius 3 is 2.17 bits per heavy atom. The summed E-state index contributed by atoms with van der Waals surface area (Å²) in [5.41, 5.74) is 0. The van der Waals surface area contributed by atoms with Crippen LogP contribution in [0.2, 0.25) is 0 Å². The van der Waals surface area contributed by atoms with Gasteiger partial charge in [0.05, 0.1) is 0 Å². The average molecular weight is 74.1 g/mol. The normalized spacial score (nSPS) is 5.33. The summed E-state index contributed by atoms with van der Waals surface area (Å²) in [6, 6.07) is 0. The molecule has 0 saturated carbocycles. The van der Waals surface area contributed by atoms with Crippen molar-refractivity contribution in [3.63, 3.8) is 0 Å². The molecule has 6 heavy (non-hydrogen) atoms. The predicted molar refractivity (Wildman–Crippen MR) is 22.0 cm³/mol. The van der Waals surface area contributed by atoms with E-state index in [0.717, 1.165) is 12.8 Å². The van der Waals surface area contributed by atoms with Gasteiger partial charge in [0.1, 0.15) is 0 Å². The van der Waals surface area contributed by atoms with Crippen LogP contribution in [0.25, 0.3) is 0 Å². The fraction of sp³-hybridized carbons (Fsp3) is 0.600. The molecule has 0 nitrogen and oxygen atoms in total. The summed E-state index contributed by atoms with van der Waals surface area (Å²) in [5.74, 6) is 2.27. The Morgan fingerprint density at radius 2 is 2.17 bits per heavy atom. The van der Waals surface area contributed by atoms with Crippen LogP contribution in [-0.2, 0) is 0 Å². The molecule has 0 aliphatic rings. The van der Waals surface area contributed by atoms with E-state index in [1.54, 1.807) is 0 Å². The fourth-order valence-corrected chi connectivity index (χ4v) is 0.125. The summed E-state index contributed by atoms with van der Waals surface area (Å²) in [7, 11) is 0. The Hall–Kier alpha value is 0.157. The minimum absolute atomic E-state index is 0. The molecular weight excluding hydrogens is 67.0 g/mol. The zero-order chi connectivity index (χ0) is 4.12. The van der Waals surface area contributed by atoms with Crippen LogP contribution in [0.4, 0.5) is 0 Å². The molecule has 0 bridgehead atoms. The molecule has 0 heterocycles. The SMILES string of the molecule is [C-]#CCCC.[Li+]. The van der Waals surface area contributed by atoms with Gasteiger partial charge in [-0.2, -0.15) is 0 Å². The van der Waals surface area contributed by atoms with Crippen molar-refractivity contribution >= 4 is 0 Å². The van der Waals surface area contributed by atoms with E-state index < -0.39 is 0 Å². The van der Waals surface area contributed by atoms with E-state index in [4.69, 9.17) is 6.42 Å². The number of hydrogen-bond acceptors (Lipinski definition) is 0. The van der Waals surface area contributed by atoms with E-state index in [1.807, 2.05) is 6.92 Å². The van der Waals surface area contributed by atoms with Crippen LogP contribution in [0.3, 0.4) is 0 Å². The van der Waals surface area contributed by atoms with Gasteiger partial charge in [-0.25, -0.2) is 0 Å². The first kappa shape index (κ1) is 9.48. The second-order valence-corrected chi connectivity index (χ2v) is 0.927. The first-order valence-electron chi connectivity index (χ1n) is 1.81. The van der Waals surface area contributed by atoms with Crippen molar-refractivity contribution < 1.29 is 18.9 Å². The number of hydrogen-bond donors (Lipinski definition) is 0. The van der Waals surface area contributed by atoms with Crippen molar-refractivity contribution in [3.05, 3.63) is 6.42 Å². The van der Waals surface area contributed by atoms with Gasteiger partial charge in [0, 0.05) is 0 Å². The van der Waals surface area contributed by atoms with Gasteiger partial charge in [-0.15, -0.1) is 0 Å². The zero-order valence-electron chi connectivity index (χ0n) is 4.41. The molecule has 0 spiro atoms. The van der Waals surface area contributed by atoms with Gasteiger partial charge >= 0.3 is 18.9 Å². The molecule has 0 aromatic carbocycles. The fourth-order valence-electron chi connectivity index (χ4n) is 0.125. The molecule has 1 heteroatoms. The van der Waals surface area contributed by atoms with Crippen molar-refractivity contribution in [2.75, 3.05) is 0 Å². The molecule has 0 unspecified atom stereocenters. The van der Waals surface area contributed by atoms with Gasteiger partial charge in [-0.05, 0) is 12.8 Å². The Bertz CT molecular complexity index is 42.4. The summed E-state index contributed by atoms with van der Waals surface area (Å²) in [6.07, 6.45) is 8.20. The van der Waals surface area contributed by atoms with Crippen LogP contribution in [0.15, 0.2) is 0 Å². The van der Waals surface area contributed by atoms with Gasteiger partial charge in [0.15, 0.2) is 0 Å². The molecule has 0 aromatic rings. The van der Waals surface area contributed by atoms with Gasteiger partial charge in [-0.1, -0.05) is 6.92 Å². The second kappa shape index (κ2) is 8.94. The predicted octanol–water partition coefficient (Wildman–Crippen LogP) is -1.62. The molecule has 0 aromatic heterocycles. The molecule has 0 saturated heterocycles. The summed E-state index contributed by atoms with van der Waals surface area (Å²) >= 11 is 0. The van der Waals surface area contributed by atoms with Crippen LogP contribution in [0.5, 0.6) is 0 Å². The van der Waals surface area contributed by atoms with Gasteiger partial charge in [-0.3, -0.25) is 0 Å². The van der Waals surface area contributed by atoms with Crippen LogP contribution in [0, 0.1) is 12.3 Å². The molecule has 0 rings (SSSR count). The van der Waals surface area contributed by atoms with Crippen LogP contribution < -0.4 is 18.9 Å². The van der Waals surface area contributed by atoms with Gasteiger partial charge in [0.2, 0.25) is 0 Å². The van der Waals surface area contributed by atoms with Crippen molar-refractivity contribution in [3.8, 4) is 5.92 Å². The third kappa shape index (κ3) is 8.90. The Kier molecular flexibility index (Phi) is 14.1. The first-order chi connectivity index (χ1) is 2.41. The van der Waals surface area contributed by atoms with Crippen LogP contribution in [0.1, 0.15) is 19.8 Å².